The van der Waals surface area contributed by atoms with Gasteiger partial charge in [0.2, 0.25) is 0 Å². The maximum Gasteiger partial charge on any atom is 0.324 e. The summed E-state index contributed by atoms with van der Waals surface area (Å²) in [7, 11) is 1.44. The van der Waals surface area contributed by atoms with Gasteiger partial charge in [-0.2, -0.15) is 0 Å². The van der Waals surface area contributed by atoms with Crippen LogP contribution in [0.4, 0.5) is 0 Å². The van der Waals surface area contributed by atoms with Crippen LogP contribution >= 0.6 is 0 Å². The lowest BCUT2D eigenvalue weighted by molar-refractivity contribution is 0.266. The number of methoxy groups -OCH3 is 1. The van der Waals surface area contributed by atoms with Crippen molar-refractivity contribution >= 4 is 21.8 Å². The normalized spacial score (nSPS) is 11.1. The van der Waals surface area contributed by atoms with E-state index >= 15 is 0 Å². The Balaban J connectivity index is 2.61. The topological polar surface area (TPSA) is 68.1 Å². The molecule has 1 N–H and O–H groups in total. The van der Waals surface area contributed by atoms with Crippen LogP contribution in [0.25, 0.3) is 21.8 Å². The fraction of sp³-hybridized carbons (Fsp3) is 0.0909. The molecule has 3 rings (SSSR count). The van der Waals surface area contributed by atoms with Crippen LogP contribution in [0.3, 0.4) is 0 Å². The average molecular weight is 216 g/mol. The predicted octanol–water partition coefficient (Wildman–Crippen LogP) is 1.68. The van der Waals surface area contributed by atoms with Crippen molar-refractivity contribution in [1.82, 2.24) is 10.1 Å². The third-order valence-electron chi connectivity index (χ3n) is 2.50. The van der Waals surface area contributed by atoms with E-state index in [9.17, 15) is 4.79 Å². The highest BCUT2D eigenvalue weighted by molar-refractivity contribution is 6.04. The Bertz CT molecular complexity index is 727. The number of benzene rings is 1. The molecule has 0 spiro atoms. The Labute approximate surface area is 89.6 Å². The van der Waals surface area contributed by atoms with Crippen LogP contribution in [-0.4, -0.2) is 17.3 Å². The first-order valence-electron chi connectivity index (χ1n) is 4.75. The molecule has 5 nitrogen and oxygen atoms in total. The van der Waals surface area contributed by atoms with Gasteiger partial charge in [0.1, 0.15) is 5.52 Å². The summed E-state index contributed by atoms with van der Waals surface area (Å²) in [6.07, 6.45) is 0. The molecule has 0 atom stereocenters. The molecule has 0 aliphatic carbocycles. The summed E-state index contributed by atoms with van der Waals surface area (Å²) in [5, 5.41) is 5.04. The smallest absolute Gasteiger partial charge is 0.324 e. The molecule has 0 amide bonds. The Morgan fingerprint density at radius 1 is 1.38 bits per heavy atom. The van der Waals surface area contributed by atoms with E-state index in [4.69, 9.17) is 9.26 Å². The molecule has 3 aromatic rings. The summed E-state index contributed by atoms with van der Waals surface area (Å²) in [6.45, 7) is 0. The Hall–Kier alpha value is -2.30. The molecule has 0 unspecified atom stereocenters. The Kier molecular flexibility index (Phi) is 1.73. The molecule has 0 saturated carbocycles. The van der Waals surface area contributed by atoms with Gasteiger partial charge in [-0.15, -0.1) is 0 Å². The van der Waals surface area contributed by atoms with E-state index in [0.29, 0.717) is 10.9 Å². The lowest BCUT2D eigenvalue weighted by Crippen LogP contribution is -2.06. The number of fused-ring (bicyclic) bond motifs is 3. The molecule has 1 aromatic carbocycles. The van der Waals surface area contributed by atoms with E-state index in [0.717, 1.165) is 10.9 Å². The van der Waals surface area contributed by atoms with Crippen molar-refractivity contribution in [2.75, 3.05) is 7.11 Å². The number of nitrogens with zero attached hydrogens (tertiary/aromatic N) is 1. The lowest BCUT2D eigenvalue weighted by Gasteiger charge is -1.97. The number of H-pyrrole nitrogens is 1. The van der Waals surface area contributed by atoms with Crippen molar-refractivity contribution in [3.8, 4) is 5.95 Å². The molecule has 0 bridgehead atoms. The van der Waals surface area contributed by atoms with Crippen LogP contribution in [0.1, 0.15) is 0 Å². The van der Waals surface area contributed by atoms with Crippen LogP contribution in [0.15, 0.2) is 33.6 Å². The molecule has 5 heteroatoms. The number of aromatic amines is 1. The second kappa shape index (κ2) is 3.10. The number of nitrogens with one attached hydrogen (secondary N) is 1. The van der Waals surface area contributed by atoms with Gasteiger partial charge in [0.25, 0.3) is 5.56 Å². The summed E-state index contributed by atoms with van der Waals surface area (Å²) >= 11 is 0. The summed E-state index contributed by atoms with van der Waals surface area (Å²) in [5.41, 5.74) is 0.999. The van der Waals surface area contributed by atoms with Crippen molar-refractivity contribution in [1.29, 1.82) is 0 Å². The second-order valence-electron chi connectivity index (χ2n) is 3.40. The number of aromatic nitrogens is 2. The SMILES string of the molecule is COc1onc2c1c(=O)[nH]c1ccccc12. The summed E-state index contributed by atoms with van der Waals surface area (Å²) < 4.78 is 9.91. The largest absolute Gasteiger partial charge is 0.467 e. The first kappa shape index (κ1) is 8.96. The van der Waals surface area contributed by atoms with E-state index in [1.165, 1.54) is 7.11 Å². The number of pyridine rings is 1. The molecule has 0 aliphatic rings. The Morgan fingerprint density at radius 3 is 3.00 bits per heavy atom. The van der Waals surface area contributed by atoms with E-state index in [2.05, 4.69) is 10.1 Å². The van der Waals surface area contributed by atoms with Gasteiger partial charge < -0.3 is 14.2 Å². The molecule has 2 aromatic heterocycles. The zero-order chi connectivity index (χ0) is 11.1. The second-order valence-corrected chi connectivity index (χ2v) is 3.40. The summed E-state index contributed by atoms with van der Waals surface area (Å²) in [5.74, 6) is 0.141. The van der Waals surface area contributed by atoms with Crippen molar-refractivity contribution in [3.63, 3.8) is 0 Å². The Morgan fingerprint density at radius 2 is 2.19 bits per heavy atom. The third kappa shape index (κ3) is 1.05. The standard InChI is InChI=1S/C11H8N2O3/c1-15-11-8-9(13-16-11)6-4-2-3-5-7(6)12-10(8)14/h2-5H,1H3,(H,12,14). The van der Waals surface area contributed by atoms with Gasteiger partial charge in [0.15, 0.2) is 5.39 Å². The van der Waals surface area contributed by atoms with E-state index < -0.39 is 0 Å². The minimum Gasteiger partial charge on any atom is -0.467 e. The van der Waals surface area contributed by atoms with Crippen LogP contribution in [0, 0.1) is 0 Å². The maximum atomic E-state index is 11.8. The molecule has 0 aliphatic heterocycles. The molecule has 0 saturated heterocycles. The van der Waals surface area contributed by atoms with Crippen LogP contribution in [0.5, 0.6) is 5.95 Å². The lowest BCUT2D eigenvalue weighted by atomic mass is 10.2. The molecule has 2 heterocycles. The summed E-state index contributed by atoms with van der Waals surface area (Å²) in [4.78, 5) is 14.6. The van der Waals surface area contributed by atoms with Crippen molar-refractivity contribution in [2.45, 2.75) is 0 Å². The molecular weight excluding hydrogens is 208 g/mol. The van der Waals surface area contributed by atoms with Crippen LogP contribution < -0.4 is 10.3 Å². The fourth-order valence-corrected chi connectivity index (χ4v) is 1.78. The minimum absolute atomic E-state index is 0.141. The van der Waals surface area contributed by atoms with Gasteiger partial charge in [-0.1, -0.05) is 23.4 Å². The molecule has 16 heavy (non-hydrogen) atoms. The molecule has 0 fully saturated rings. The fourth-order valence-electron chi connectivity index (χ4n) is 1.78. The third-order valence-corrected chi connectivity index (χ3v) is 2.50. The first-order valence-corrected chi connectivity index (χ1v) is 4.75. The zero-order valence-corrected chi connectivity index (χ0v) is 8.48. The molecular formula is C11H8N2O3. The van der Waals surface area contributed by atoms with Crippen LogP contribution in [0.2, 0.25) is 0 Å². The highest BCUT2D eigenvalue weighted by atomic mass is 16.6. The van der Waals surface area contributed by atoms with E-state index in [1.54, 1.807) is 0 Å². The van der Waals surface area contributed by atoms with E-state index in [1.807, 2.05) is 24.3 Å². The average Bonchev–Trinajstić information content (AvgIpc) is 2.74. The first-order chi connectivity index (χ1) is 7.81. The van der Waals surface area contributed by atoms with Crippen LogP contribution in [-0.2, 0) is 0 Å². The molecule has 0 radical (unpaired) electrons. The zero-order valence-electron chi connectivity index (χ0n) is 8.48. The summed E-state index contributed by atoms with van der Waals surface area (Å²) in [6, 6.07) is 7.41. The highest BCUT2D eigenvalue weighted by Gasteiger charge is 2.15. The van der Waals surface area contributed by atoms with Crippen molar-refractivity contribution < 1.29 is 9.26 Å². The minimum atomic E-state index is -0.258. The van der Waals surface area contributed by atoms with Gasteiger partial charge in [0, 0.05) is 5.39 Å². The van der Waals surface area contributed by atoms with E-state index in [-0.39, 0.29) is 11.5 Å². The number of hydrogen-bond acceptors (Lipinski definition) is 4. The van der Waals surface area contributed by atoms with Gasteiger partial charge in [0.05, 0.1) is 12.6 Å². The number of hydrogen-bond donors (Lipinski definition) is 1. The highest BCUT2D eigenvalue weighted by Crippen LogP contribution is 2.26. The van der Waals surface area contributed by atoms with Crippen molar-refractivity contribution in [2.24, 2.45) is 0 Å². The molecule has 80 valence electrons. The van der Waals surface area contributed by atoms with Crippen molar-refractivity contribution in [3.05, 3.63) is 34.6 Å². The number of ether oxygens (including phenoxy) is 1. The monoisotopic (exact) mass is 216 g/mol. The van der Waals surface area contributed by atoms with Gasteiger partial charge in [-0.3, -0.25) is 4.79 Å². The quantitative estimate of drug-likeness (QED) is 0.671. The van der Waals surface area contributed by atoms with Gasteiger partial charge >= 0.3 is 5.95 Å². The predicted molar refractivity (Wildman–Crippen MR) is 58.7 cm³/mol. The maximum absolute atomic E-state index is 11.8. The van der Waals surface area contributed by atoms with Gasteiger partial charge in [-0.05, 0) is 6.07 Å². The van der Waals surface area contributed by atoms with Gasteiger partial charge in [-0.25, -0.2) is 0 Å². The number of para-hydroxylation sites is 1. The number of rotatable bonds is 1.